The number of nitrogens with one attached hydrogen (secondary N) is 2. The van der Waals surface area contributed by atoms with E-state index in [0.29, 0.717) is 21.6 Å². The first-order chi connectivity index (χ1) is 13.9. The first-order valence-corrected chi connectivity index (χ1v) is 9.86. The second-order valence-electron chi connectivity index (χ2n) is 5.69. The molecule has 10 heteroatoms. The number of carbonyl (C=O) groups is 2. The molecule has 0 radical (unpaired) electrons. The average Bonchev–Trinajstić information content (AvgIpc) is 3.16. The summed E-state index contributed by atoms with van der Waals surface area (Å²) < 4.78 is 20.0. The number of nitrogens with zero attached hydrogens (tertiary/aromatic N) is 2. The van der Waals surface area contributed by atoms with Gasteiger partial charge in [-0.15, -0.1) is 0 Å². The van der Waals surface area contributed by atoms with E-state index in [1.165, 1.54) is 55.4 Å². The van der Waals surface area contributed by atoms with E-state index < -0.39 is 17.6 Å². The van der Waals surface area contributed by atoms with Crippen LogP contribution in [0.25, 0.3) is 5.69 Å². The maximum atomic E-state index is 13.3. The quantitative estimate of drug-likeness (QED) is 0.474. The molecule has 0 saturated heterocycles. The Kier molecular flexibility index (Phi) is 6.40. The summed E-state index contributed by atoms with van der Waals surface area (Å²) in [6.07, 6.45) is 3.17. The molecule has 0 unspecified atom stereocenters. The lowest BCUT2D eigenvalue weighted by molar-refractivity contribution is 0.0841. The third-order valence-electron chi connectivity index (χ3n) is 3.93. The van der Waals surface area contributed by atoms with Crippen LogP contribution >= 0.6 is 23.4 Å². The minimum absolute atomic E-state index is 0.164. The molecule has 29 heavy (non-hydrogen) atoms. The van der Waals surface area contributed by atoms with Crippen molar-refractivity contribution < 1.29 is 18.7 Å². The second-order valence-corrected chi connectivity index (χ2v) is 6.90. The number of carbonyl (C=O) groups excluding carboxylic acids is 2. The Labute approximate surface area is 175 Å². The molecule has 2 aromatic carbocycles. The molecule has 0 aliphatic rings. The van der Waals surface area contributed by atoms with Gasteiger partial charge >= 0.3 is 0 Å². The number of aromatic nitrogens is 2. The van der Waals surface area contributed by atoms with Gasteiger partial charge in [-0.05, 0) is 48.7 Å². The third-order valence-corrected chi connectivity index (χ3v) is 4.81. The van der Waals surface area contributed by atoms with Crippen molar-refractivity contribution in [2.24, 2.45) is 0 Å². The Hall–Kier alpha value is -3.04. The van der Waals surface area contributed by atoms with Gasteiger partial charge in [-0.3, -0.25) is 25.0 Å². The molecular formula is C19H16ClFN4O3S. The van der Waals surface area contributed by atoms with E-state index >= 15 is 0 Å². The lowest BCUT2D eigenvalue weighted by Gasteiger charge is -2.13. The van der Waals surface area contributed by atoms with E-state index in [1.54, 1.807) is 23.0 Å². The molecule has 0 saturated carbocycles. The van der Waals surface area contributed by atoms with Crippen LogP contribution in [0.4, 0.5) is 4.39 Å². The van der Waals surface area contributed by atoms with Crippen LogP contribution in [-0.4, -0.2) is 34.7 Å². The van der Waals surface area contributed by atoms with E-state index in [9.17, 15) is 14.0 Å². The molecule has 0 atom stereocenters. The Morgan fingerprint density at radius 2 is 1.83 bits per heavy atom. The fraction of sp³-hybridized carbons (Fsp3) is 0.105. The number of benzene rings is 2. The summed E-state index contributed by atoms with van der Waals surface area (Å²) >= 11 is 7.25. The van der Waals surface area contributed by atoms with Gasteiger partial charge < -0.3 is 4.74 Å². The summed E-state index contributed by atoms with van der Waals surface area (Å²) in [5, 5.41) is 0.880. The van der Waals surface area contributed by atoms with Crippen LogP contribution in [0.2, 0.25) is 5.02 Å². The van der Waals surface area contributed by atoms with Crippen molar-refractivity contribution in [3.05, 3.63) is 70.8 Å². The van der Waals surface area contributed by atoms with Gasteiger partial charge in [0, 0.05) is 10.7 Å². The third kappa shape index (κ3) is 4.52. The van der Waals surface area contributed by atoms with Gasteiger partial charge in [0.05, 0.1) is 18.9 Å². The minimum atomic E-state index is -0.601. The van der Waals surface area contributed by atoms with Gasteiger partial charge in [0.1, 0.15) is 17.3 Å². The molecule has 0 aliphatic heterocycles. The summed E-state index contributed by atoms with van der Waals surface area (Å²) in [4.78, 5) is 29.3. The Morgan fingerprint density at radius 3 is 2.48 bits per heavy atom. The zero-order valence-corrected chi connectivity index (χ0v) is 17.0. The SMILES string of the molecule is COc1ccc(Cl)cc1C(=O)NNC(=O)c1cnc(SC)n1-c1ccc(F)cc1. The molecule has 2 N–H and O–H groups in total. The van der Waals surface area contributed by atoms with Crippen LogP contribution in [0.3, 0.4) is 0 Å². The number of amides is 2. The van der Waals surface area contributed by atoms with Crippen molar-refractivity contribution in [2.45, 2.75) is 5.16 Å². The predicted molar refractivity (Wildman–Crippen MR) is 108 cm³/mol. The van der Waals surface area contributed by atoms with Crippen LogP contribution in [0.1, 0.15) is 20.8 Å². The first kappa shape index (κ1) is 20.7. The number of imidazole rings is 1. The number of hydrogen-bond acceptors (Lipinski definition) is 5. The summed E-state index contributed by atoms with van der Waals surface area (Å²) in [7, 11) is 1.42. The van der Waals surface area contributed by atoms with Gasteiger partial charge in [-0.1, -0.05) is 23.4 Å². The molecule has 2 amide bonds. The highest BCUT2D eigenvalue weighted by molar-refractivity contribution is 7.98. The molecule has 1 aromatic heterocycles. The average molecular weight is 435 g/mol. The fourth-order valence-corrected chi connectivity index (χ4v) is 3.30. The van der Waals surface area contributed by atoms with E-state index in [0.717, 1.165) is 0 Å². The summed E-state index contributed by atoms with van der Waals surface area (Å²) in [5.74, 6) is -1.29. The van der Waals surface area contributed by atoms with Gasteiger partial charge in [-0.25, -0.2) is 9.37 Å². The zero-order chi connectivity index (χ0) is 21.0. The number of halogens is 2. The summed E-state index contributed by atoms with van der Waals surface area (Å²) in [6.45, 7) is 0. The Balaban J connectivity index is 1.82. The van der Waals surface area contributed by atoms with Crippen molar-refractivity contribution in [3.8, 4) is 11.4 Å². The standard InChI is InChI=1S/C19H16ClFN4O3S/c1-28-16-8-3-11(20)9-14(16)17(26)23-24-18(27)15-10-22-19(29-2)25(15)13-6-4-12(21)5-7-13/h3-10H,1-2H3,(H,23,26)(H,24,27). The van der Waals surface area contributed by atoms with Crippen molar-refractivity contribution in [3.63, 3.8) is 0 Å². The molecule has 3 aromatic rings. The van der Waals surface area contributed by atoms with Crippen LogP contribution in [0.5, 0.6) is 5.75 Å². The maximum absolute atomic E-state index is 13.3. The highest BCUT2D eigenvalue weighted by atomic mass is 35.5. The Morgan fingerprint density at radius 1 is 1.14 bits per heavy atom. The molecule has 0 aliphatic carbocycles. The second kappa shape index (κ2) is 8.97. The molecule has 150 valence electrons. The molecule has 0 bridgehead atoms. The van der Waals surface area contributed by atoms with Crippen LogP contribution in [-0.2, 0) is 0 Å². The van der Waals surface area contributed by atoms with Crippen molar-refractivity contribution in [2.75, 3.05) is 13.4 Å². The molecule has 7 nitrogen and oxygen atoms in total. The lowest BCUT2D eigenvalue weighted by Crippen LogP contribution is -2.42. The lowest BCUT2D eigenvalue weighted by atomic mass is 10.2. The monoisotopic (exact) mass is 434 g/mol. The normalized spacial score (nSPS) is 10.5. The number of rotatable bonds is 5. The highest BCUT2D eigenvalue weighted by Crippen LogP contribution is 2.23. The smallest absolute Gasteiger partial charge is 0.288 e. The van der Waals surface area contributed by atoms with Gasteiger partial charge in [0.15, 0.2) is 5.16 Å². The number of thioether (sulfide) groups is 1. The van der Waals surface area contributed by atoms with Gasteiger partial charge in [-0.2, -0.15) is 0 Å². The first-order valence-electron chi connectivity index (χ1n) is 8.26. The number of methoxy groups -OCH3 is 1. The zero-order valence-electron chi connectivity index (χ0n) is 15.4. The van der Waals surface area contributed by atoms with Crippen LogP contribution in [0.15, 0.2) is 53.8 Å². The largest absolute Gasteiger partial charge is 0.496 e. The summed E-state index contributed by atoms with van der Waals surface area (Å²) in [6, 6.07) is 10.2. The fourth-order valence-electron chi connectivity index (χ4n) is 2.58. The summed E-state index contributed by atoms with van der Waals surface area (Å²) in [5.41, 5.74) is 5.56. The number of ether oxygens (including phenoxy) is 1. The van der Waals surface area contributed by atoms with E-state index in [1.807, 2.05) is 0 Å². The molecule has 3 rings (SSSR count). The topological polar surface area (TPSA) is 85.2 Å². The predicted octanol–water partition coefficient (Wildman–Crippen LogP) is 3.47. The van der Waals surface area contributed by atoms with Crippen molar-refractivity contribution in [1.82, 2.24) is 20.4 Å². The van der Waals surface area contributed by atoms with Crippen molar-refractivity contribution >= 4 is 35.2 Å². The molecule has 1 heterocycles. The van der Waals surface area contributed by atoms with E-state index in [2.05, 4.69) is 15.8 Å². The van der Waals surface area contributed by atoms with Gasteiger partial charge in [0.2, 0.25) is 0 Å². The Bertz CT molecular complexity index is 1060. The minimum Gasteiger partial charge on any atom is -0.496 e. The van der Waals surface area contributed by atoms with Crippen LogP contribution in [0, 0.1) is 5.82 Å². The highest BCUT2D eigenvalue weighted by Gasteiger charge is 2.19. The maximum Gasteiger partial charge on any atom is 0.288 e. The van der Waals surface area contributed by atoms with Crippen molar-refractivity contribution in [1.29, 1.82) is 0 Å². The van der Waals surface area contributed by atoms with Crippen LogP contribution < -0.4 is 15.6 Å². The van der Waals surface area contributed by atoms with E-state index in [-0.39, 0.29) is 11.3 Å². The molecular weight excluding hydrogens is 419 g/mol. The molecule has 0 spiro atoms. The molecule has 0 fully saturated rings. The number of hydrogen-bond donors (Lipinski definition) is 2. The van der Waals surface area contributed by atoms with E-state index in [4.69, 9.17) is 16.3 Å². The number of hydrazine groups is 1. The van der Waals surface area contributed by atoms with Gasteiger partial charge in [0.25, 0.3) is 11.8 Å².